The fourth-order valence-corrected chi connectivity index (χ4v) is 1.55. The Morgan fingerprint density at radius 1 is 1.00 bits per heavy atom. The summed E-state index contributed by atoms with van der Waals surface area (Å²) in [6.45, 7) is 15.7. The van der Waals surface area contributed by atoms with Gasteiger partial charge in [0.25, 0.3) is 0 Å². The van der Waals surface area contributed by atoms with Crippen LogP contribution >= 0.6 is 0 Å². The molecule has 0 amide bonds. The number of nitrogens with one attached hydrogen (secondary N) is 1. The standard InChI is InChI=1S/C14H31NO/c1-13(2,3)8-7-12(10-16)9-15-11-14(4,5)6/h12,15-16H,7-11H2,1-6H3/t12-/m1/s1. The van der Waals surface area contributed by atoms with Crippen molar-refractivity contribution in [2.45, 2.75) is 54.4 Å². The first-order chi connectivity index (χ1) is 7.14. The maximum atomic E-state index is 9.31. The molecule has 0 heterocycles. The Balaban J connectivity index is 3.76. The van der Waals surface area contributed by atoms with Crippen LogP contribution in [0.25, 0.3) is 0 Å². The van der Waals surface area contributed by atoms with Gasteiger partial charge in [-0.1, -0.05) is 41.5 Å². The molecule has 0 fully saturated rings. The minimum absolute atomic E-state index is 0.299. The van der Waals surface area contributed by atoms with Crippen molar-refractivity contribution in [2.75, 3.05) is 19.7 Å². The third-order valence-electron chi connectivity index (χ3n) is 2.65. The van der Waals surface area contributed by atoms with E-state index in [1.165, 1.54) is 6.42 Å². The first-order valence-corrected chi connectivity index (χ1v) is 6.46. The smallest absolute Gasteiger partial charge is 0.0471 e. The van der Waals surface area contributed by atoms with Crippen LogP contribution < -0.4 is 5.32 Å². The van der Waals surface area contributed by atoms with E-state index in [2.05, 4.69) is 46.9 Å². The third-order valence-corrected chi connectivity index (χ3v) is 2.65. The van der Waals surface area contributed by atoms with E-state index < -0.39 is 0 Å². The van der Waals surface area contributed by atoms with Crippen LogP contribution in [0.5, 0.6) is 0 Å². The van der Waals surface area contributed by atoms with E-state index >= 15 is 0 Å². The molecule has 2 nitrogen and oxygen atoms in total. The third kappa shape index (κ3) is 10.4. The lowest BCUT2D eigenvalue weighted by atomic mass is 9.87. The lowest BCUT2D eigenvalue weighted by Gasteiger charge is -2.24. The molecule has 0 saturated heterocycles. The molecule has 0 spiro atoms. The van der Waals surface area contributed by atoms with Crippen LogP contribution in [0.2, 0.25) is 0 Å². The first-order valence-electron chi connectivity index (χ1n) is 6.46. The summed E-state index contributed by atoms with van der Waals surface area (Å²) in [7, 11) is 0. The van der Waals surface area contributed by atoms with E-state index in [-0.39, 0.29) is 0 Å². The number of hydrogen-bond acceptors (Lipinski definition) is 2. The Hall–Kier alpha value is -0.0800. The molecule has 0 aromatic rings. The average Bonchev–Trinajstić information content (AvgIpc) is 2.07. The molecule has 0 radical (unpaired) electrons. The van der Waals surface area contributed by atoms with Crippen LogP contribution in [0.1, 0.15) is 54.4 Å². The highest BCUT2D eigenvalue weighted by Crippen LogP contribution is 2.23. The van der Waals surface area contributed by atoms with Gasteiger partial charge in [0.15, 0.2) is 0 Å². The summed E-state index contributed by atoms with van der Waals surface area (Å²) >= 11 is 0. The summed E-state index contributed by atoms with van der Waals surface area (Å²) in [5, 5.41) is 12.8. The van der Waals surface area contributed by atoms with Crippen molar-refractivity contribution in [1.29, 1.82) is 0 Å². The van der Waals surface area contributed by atoms with E-state index in [1.54, 1.807) is 0 Å². The molecule has 0 aliphatic carbocycles. The van der Waals surface area contributed by atoms with Gasteiger partial charge in [-0.15, -0.1) is 0 Å². The topological polar surface area (TPSA) is 32.3 Å². The molecule has 0 aliphatic rings. The van der Waals surface area contributed by atoms with Gasteiger partial charge >= 0.3 is 0 Å². The van der Waals surface area contributed by atoms with Gasteiger partial charge in [0.1, 0.15) is 0 Å². The average molecular weight is 229 g/mol. The lowest BCUT2D eigenvalue weighted by molar-refractivity contribution is 0.193. The Morgan fingerprint density at radius 3 is 1.94 bits per heavy atom. The monoisotopic (exact) mass is 229 g/mol. The Labute approximate surface area is 102 Å². The molecule has 0 aromatic heterocycles. The second-order valence-corrected chi connectivity index (χ2v) is 7.34. The minimum atomic E-state index is 0.299. The minimum Gasteiger partial charge on any atom is -0.396 e. The first kappa shape index (κ1) is 15.9. The summed E-state index contributed by atoms with van der Waals surface area (Å²) in [5.41, 5.74) is 0.696. The van der Waals surface area contributed by atoms with Crippen molar-refractivity contribution in [3.8, 4) is 0 Å². The summed E-state index contributed by atoms with van der Waals surface area (Å²) in [6.07, 6.45) is 2.28. The number of aliphatic hydroxyl groups is 1. The quantitative estimate of drug-likeness (QED) is 0.733. The second kappa shape index (κ2) is 6.61. The zero-order chi connectivity index (χ0) is 12.8. The molecular weight excluding hydrogens is 198 g/mol. The second-order valence-electron chi connectivity index (χ2n) is 7.34. The van der Waals surface area contributed by atoms with E-state index in [1.807, 2.05) is 0 Å². The predicted octanol–water partition coefficient (Wildman–Crippen LogP) is 3.06. The lowest BCUT2D eigenvalue weighted by Crippen LogP contribution is -2.32. The molecule has 0 unspecified atom stereocenters. The number of rotatable bonds is 6. The van der Waals surface area contributed by atoms with Crippen molar-refractivity contribution < 1.29 is 5.11 Å². The maximum Gasteiger partial charge on any atom is 0.0471 e. The molecule has 0 aliphatic heterocycles. The van der Waals surface area contributed by atoms with Crippen molar-refractivity contribution in [1.82, 2.24) is 5.32 Å². The fourth-order valence-electron chi connectivity index (χ4n) is 1.55. The van der Waals surface area contributed by atoms with Crippen LogP contribution in [0.15, 0.2) is 0 Å². The molecule has 98 valence electrons. The molecule has 0 bridgehead atoms. The van der Waals surface area contributed by atoms with Gasteiger partial charge in [-0.3, -0.25) is 0 Å². The summed E-state index contributed by atoms with van der Waals surface area (Å²) in [6, 6.07) is 0. The van der Waals surface area contributed by atoms with Crippen molar-refractivity contribution in [3.63, 3.8) is 0 Å². The number of aliphatic hydroxyl groups excluding tert-OH is 1. The van der Waals surface area contributed by atoms with Crippen LogP contribution in [0.3, 0.4) is 0 Å². The highest BCUT2D eigenvalue weighted by Gasteiger charge is 2.16. The SMILES string of the molecule is CC(C)(C)CC[C@@H](CO)CNCC(C)(C)C. The van der Waals surface area contributed by atoms with Gasteiger partial charge in [0.2, 0.25) is 0 Å². The highest BCUT2D eigenvalue weighted by molar-refractivity contribution is 4.70. The maximum absolute atomic E-state index is 9.31. The van der Waals surface area contributed by atoms with Crippen molar-refractivity contribution >= 4 is 0 Å². The van der Waals surface area contributed by atoms with Crippen LogP contribution in [0, 0.1) is 16.7 Å². The summed E-state index contributed by atoms with van der Waals surface area (Å²) in [4.78, 5) is 0. The van der Waals surface area contributed by atoms with E-state index in [4.69, 9.17) is 0 Å². The van der Waals surface area contributed by atoms with Crippen LogP contribution in [-0.2, 0) is 0 Å². The largest absolute Gasteiger partial charge is 0.396 e. The molecular formula is C14H31NO. The zero-order valence-electron chi connectivity index (χ0n) is 12.1. The molecule has 2 N–H and O–H groups in total. The normalized spacial score (nSPS) is 15.2. The molecule has 0 saturated carbocycles. The zero-order valence-corrected chi connectivity index (χ0v) is 12.1. The van der Waals surface area contributed by atoms with E-state index in [9.17, 15) is 5.11 Å². The molecule has 1 atom stereocenters. The van der Waals surface area contributed by atoms with Gasteiger partial charge in [0.05, 0.1) is 0 Å². The predicted molar refractivity (Wildman–Crippen MR) is 71.6 cm³/mol. The molecule has 2 heteroatoms. The summed E-state index contributed by atoms with van der Waals surface area (Å²) < 4.78 is 0. The fraction of sp³-hybridized carbons (Fsp3) is 1.00. The Morgan fingerprint density at radius 2 is 1.56 bits per heavy atom. The molecule has 0 rings (SSSR count). The van der Waals surface area contributed by atoms with Crippen molar-refractivity contribution in [3.05, 3.63) is 0 Å². The van der Waals surface area contributed by atoms with E-state index in [0.29, 0.717) is 23.4 Å². The van der Waals surface area contributed by atoms with Gasteiger partial charge in [-0.25, -0.2) is 0 Å². The molecule has 0 aromatic carbocycles. The Bertz CT molecular complexity index is 176. The summed E-state index contributed by atoms with van der Waals surface area (Å²) in [5.74, 6) is 0.404. The van der Waals surface area contributed by atoms with Gasteiger partial charge in [0, 0.05) is 19.7 Å². The molecule has 16 heavy (non-hydrogen) atoms. The van der Waals surface area contributed by atoms with Gasteiger partial charge in [-0.2, -0.15) is 0 Å². The van der Waals surface area contributed by atoms with Gasteiger partial charge in [-0.05, 0) is 29.6 Å². The number of hydrogen-bond donors (Lipinski definition) is 2. The van der Waals surface area contributed by atoms with Gasteiger partial charge < -0.3 is 10.4 Å². The Kier molecular flexibility index (Phi) is 6.57. The highest BCUT2D eigenvalue weighted by atomic mass is 16.3. The van der Waals surface area contributed by atoms with Crippen LogP contribution in [-0.4, -0.2) is 24.8 Å². The van der Waals surface area contributed by atoms with Crippen molar-refractivity contribution in [2.24, 2.45) is 16.7 Å². The van der Waals surface area contributed by atoms with E-state index in [0.717, 1.165) is 19.5 Å². The van der Waals surface area contributed by atoms with Crippen LogP contribution in [0.4, 0.5) is 0 Å².